The Labute approximate surface area is 78.0 Å². The molecule has 1 aromatic carbocycles. The molecule has 66 valence electrons. The zero-order chi connectivity index (χ0) is 9.26. The zero-order valence-electron chi connectivity index (χ0n) is 7.87. The molecule has 0 aliphatic carbocycles. The van der Waals surface area contributed by atoms with Crippen LogP contribution in [0.3, 0.4) is 0 Å². The van der Waals surface area contributed by atoms with Crippen LogP contribution in [0.15, 0.2) is 41.0 Å². The molecule has 2 rings (SSSR count). The molecule has 0 N–H and O–H groups in total. The second-order valence-corrected chi connectivity index (χ2v) is 3.24. The van der Waals surface area contributed by atoms with Gasteiger partial charge in [-0.15, -0.1) is 0 Å². The molecule has 0 bridgehead atoms. The van der Waals surface area contributed by atoms with Crippen molar-refractivity contribution < 1.29 is 4.42 Å². The van der Waals surface area contributed by atoms with Gasteiger partial charge in [0.2, 0.25) is 0 Å². The van der Waals surface area contributed by atoms with E-state index in [4.69, 9.17) is 4.42 Å². The van der Waals surface area contributed by atoms with E-state index in [1.165, 1.54) is 11.1 Å². The number of hydrogen-bond donors (Lipinski definition) is 0. The van der Waals surface area contributed by atoms with E-state index in [0.717, 1.165) is 11.3 Å². The summed E-state index contributed by atoms with van der Waals surface area (Å²) in [6.07, 6.45) is 1.80. The SMILES string of the molecule is Cc1coc(-c2ccccc2)c1C. The molecular formula is C12H12O. The first-order chi connectivity index (χ1) is 6.29. The molecule has 0 saturated carbocycles. The summed E-state index contributed by atoms with van der Waals surface area (Å²) in [5, 5.41) is 0. The van der Waals surface area contributed by atoms with E-state index < -0.39 is 0 Å². The van der Waals surface area contributed by atoms with E-state index in [1.54, 1.807) is 6.26 Å². The van der Waals surface area contributed by atoms with Gasteiger partial charge in [-0.3, -0.25) is 0 Å². The molecule has 0 unspecified atom stereocenters. The van der Waals surface area contributed by atoms with Crippen molar-refractivity contribution in [3.8, 4) is 11.3 Å². The highest BCUT2D eigenvalue weighted by atomic mass is 16.3. The Morgan fingerprint density at radius 1 is 1.00 bits per heavy atom. The smallest absolute Gasteiger partial charge is 0.137 e. The minimum atomic E-state index is 0.984. The molecule has 0 spiro atoms. The van der Waals surface area contributed by atoms with Crippen LogP contribution in [0.1, 0.15) is 11.1 Å². The van der Waals surface area contributed by atoms with E-state index in [9.17, 15) is 0 Å². The van der Waals surface area contributed by atoms with Gasteiger partial charge in [0.05, 0.1) is 6.26 Å². The molecule has 0 aliphatic rings. The third-order valence-corrected chi connectivity index (χ3v) is 2.32. The quantitative estimate of drug-likeness (QED) is 0.641. The fourth-order valence-corrected chi connectivity index (χ4v) is 1.38. The second-order valence-electron chi connectivity index (χ2n) is 3.24. The third kappa shape index (κ3) is 1.37. The predicted octanol–water partition coefficient (Wildman–Crippen LogP) is 3.56. The molecule has 13 heavy (non-hydrogen) atoms. The van der Waals surface area contributed by atoms with Crippen LogP contribution in [0.4, 0.5) is 0 Å². The molecule has 1 nitrogen and oxygen atoms in total. The maximum Gasteiger partial charge on any atom is 0.137 e. The van der Waals surface area contributed by atoms with Crippen LogP contribution >= 0.6 is 0 Å². The molecule has 0 saturated heterocycles. The number of hydrogen-bond acceptors (Lipinski definition) is 1. The van der Waals surface area contributed by atoms with Crippen molar-refractivity contribution in [1.82, 2.24) is 0 Å². The molecule has 0 aliphatic heterocycles. The Balaban J connectivity index is 2.53. The van der Waals surface area contributed by atoms with Crippen LogP contribution < -0.4 is 0 Å². The van der Waals surface area contributed by atoms with E-state index in [0.29, 0.717) is 0 Å². The lowest BCUT2D eigenvalue weighted by Gasteiger charge is -1.97. The van der Waals surface area contributed by atoms with Crippen molar-refractivity contribution in [3.05, 3.63) is 47.7 Å². The van der Waals surface area contributed by atoms with Gasteiger partial charge in [-0.2, -0.15) is 0 Å². The predicted molar refractivity (Wildman–Crippen MR) is 53.6 cm³/mol. The highest BCUT2D eigenvalue weighted by Crippen LogP contribution is 2.26. The normalized spacial score (nSPS) is 10.3. The second kappa shape index (κ2) is 3.09. The highest BCUT2D eigenvalue weighted by molar-refractivity contribution is 5.62. The van der Waals surface area contributed by atoms with Crippen LogP contribution in [-0.2, 0) is 0 Å². The fraction of sp³-hybridized carbons (Fsp3) is 0.167. The molecule has 1 heterocycles. The van der Waals surface area contributed by atoms with Gasteiger partial charge in [0.25, 0.3) is 0 Å². The Kier molecular flexibility index (Phi) is 1.93. The van der Waals surface area contributed by atoms with Gasteiger partial charge >= 0.3 is 0 Å². The number of furan rings is 1. The zero-order valence-corrected chi connectivity index (χ0v) is 7.87. The van der Waals surface area contributed by atoms with Crippen LogP contribution in [-0.4, -0.2) is 0 Å². The lowest BCUT2D eigenvalue weighted by Crippen LogP contribution is -1.77. The average molecular weight is 172 g/mol. The van der Waals surface area contributed by atoms with Crippen LogP contribution in [0.25, 0.3) is 11.3 Å². The third-order valence-electron chi connectivity index (χ3n) is 2.32. The van der Waals surface area contributed by atoms with Crippen molar-refractivity contribution >= 4 is 0 Å². The molecule has 0 atom stereocenters. The lowest BCUT2D eigenvalue weighted by atomic mass is 10.1. The van der Waals surface area contributed by atoms with Crippen LogP contribution in [0, 0.1) is 13.8 Å². The fourth-order valence-electron chi connectivity index (χ4n) is 1.38. The summed E-state index contributed by atoms with van der Waals surface area (Å²) in [6, 6.07) is 10.2. The molecule has 0 fully saturated rings. The van der Waals surface area contributed by atoms with E-state index >= 15 is 0 Å². The Morgan fingerprint density at radius 2 is 1.69 bits per heavy atom. The summed E-state index contributed by atoms with van der Waals surface area (Å²) in [7, 11) is 0. The largest absolute Gasteiger partial charge is 0.464 e. The van der Waals surface area contributed by atoms with Gasteiger partial charge in [-0.25, -0.2) is 0 Å². The van der Waals surface area contributed by atoms with Gasteiger partial charge < -0.3 is 4.42 Å². The minimum Gasteiger partial charge on any atom is -0.464 e. The molecule has 1 aromatic heterocycles. The topological polar surface area (TPSA) is 13.1 Å². The Hall–Kier alpha value is -1.50. The molecule has 1 heteroatoms. The first kappa shape index (κ1) is 8.11. The molecule has 0 radical (unpaired) electrons. The van der Waals surface area contributed by atoms with Gasteiger partial charge in [0.1, 0.15) is 5.76 Å². The van der Waals surface area contributed by atoms with Crippen LogP contribution in [0.5, 0.6) is 0 Å². The number of rotatable bonds is 1. The van der Waals surface area contributed by atoms with Crippen molar-refractivity contribution in [1.29, 1.82) is 0 Å². The minimum absolute atomic E-state index is 0.984. The average Bonchev–Trinajstić information content (AvgIpc) is 2.49. The summed E-state index contributed by atoms with van der Waals surface area (Å²) < 4.78 is 5.48. The first-order valence-corrected chi connectivity index (χ1v) is 4.39. The van der Waals surface area contributed by atoms with Gasteiger partial charge in [0, 0.05) is 5.56 Å². The van der Waals surface area contributed by atoms with E-state index in [1.807, 2.05) is 18.2 Å². The standard InChI is InChI=1S/C12H12O/c1-9-8-13-12(10(9)2)11-6-4-3-5-7-11/h3-8H,1-2H3. The van der Waals surface area contributed by atoms with Gasteiger partial charge in [0.15, 0.2) is 0 Å². The van der Waals surface area contributed by atoms with E-state index in [-0.39, 0.29) is 0 Å². The summed E-state index contributed by atoms with van der Waals surface area (Å²) in [4.78, 5) is 0. The summed E-state index contributed by atoms with van der Waals surface area (Å²) in [5.41, 5.74) is 3.58. The molecule has 0 amide bonds. The summed E-state index contributed by atoms with van der Waals surface area (Å²) in [5.74, 6) is 0.984. The maximum atomic E-state index is 5.48. The van der Waals surface area contributed by atoms with Crippen molar-refractivity contribution in [3.63, 3.8) is 0 Å². The maximum absolute atomic E-state index is 5.48. The molecule has 2 aromatic rings. The summed E-state index contributed by atoms with van der Waals surface area (Å²) >= 11 is 0. The Morgan fingerprint density at radius 3 is 2.23 bits per heavy atom. The summed E-state index contributed by atoms with van der Waals surface area (Å²) in [6.45, 7) is 4.15. The first-order valence-electron chi connectivity index (χ1n) is 4.39. The van der Waals surface area contributed by atoms with Gasteiger partial charge in [-0.05, 0) is 25.0 Å². The lowest BCUT2D eigenvalue weighted by molar-refractivity contribution is 0.579. The highest BCUT2D eigenvalue weighted by Gasteiger charge is 2.07. The van der Waals surface area contributed by atoms with Crippen LogP contribution in [0.2, 0.25) is 0 Å². The van der Waals surface area contributed by atoms with Crippen molar-refractivity contribution in [2.75, 3.05) is 0 Å². The number of benzene rings is 1. The van der Waals surface area contributed by atoms with Crippen molar-refractivity contribution in [2.45, 2.75) is 13.8 Å². The van der Waals surface area contributed by atoms with E-state index in [2.05, 4.69) is 26.0 Å². The van der Waals surface area contributed by atoms with Gasteiger partial charge in [-0.1, -0.05) is 30.3 Å². The number of aryl methyl sites for hydroxylation is 1. The monoisotopic (exact) mass is 172 g/mol. The Bertz CT molecular complexity index is 398. The van der Waals surface area contributed by atoms with Crippen molar-refractivity contribution in [2.24, 2.45) is 0 Å². The molecular weight excluding hydrogens is 160 g/mol.